The molecule has 1 aromatic heterocycles. The van der Waals surface area contributed by atoms with Crippen LogP contribution in [0.25, 0.3) is 0 Å². The maximum Gasteiger partial charge on any atom is 0.215 e. The van der Waals surface area contributed by atoms with Crippen molar-refractivity contribution in [1.29, 1.82) is 0 Å². The van der Waals surface area contributed by atoms with Crippen molar-refractivity contribution < 1.29 is 9.47 Å². The Hall–Kier alpha value is -1.03. The number of aromatic nitrogens is 2. The van der Waals surface area contributed by atoms with Crippen LogP contribution in [0.3, 0.4) is 0 Å². The van der Waals surface area contributed by atoms with Gasteiger partial charge in [-0.3, -0.25) is 0 Å². The van der Waals surface area contributed by atoms with Gasteiger partial charge < -0.3 is 9.47 Å². The molecule has 0 saturated heterocycles. The van der Waals surface area contributed by atoms with E-state index in [1.54, 1.807) is 7.11 Å². The van der Waals surface area contributed by atoms with Crippen molar-refractivity contribution in [2.45, 2.75) is 32.4 Å². The number of nitrogens with zero attached hydrogens (tertiary/aromatic N) is 2. The quantitative estimate of drug-likeness (QED) is 0.717. The lowest BCUT2D eigenvalue weighted by Crippen LogP contribution is -2.32. The molecule has 0 saturated carbocycles. The average molecular weight is 196 g/mol. The van der Waals surface area contributed by atoms with E-state index in [-0.39, 0.29) is 6.10 Å². The van der Waals surface area contributed by atoms with Crippen molar-refractivity contribution in [3.8, 4) is 5.88 Å². The van der Waals surface area contributed by atoms with E-state index >= 15 is 0 Å². The van der Waals surface area contributed by atoms with Crippen LogP contribution in [0.5, 0.6) is 5.88 Å². The van der Waals surface area contributed by atoms with E-state index in [2.05, 4.69) is 18.9 Å². The predicted octanol–water partition coefficient (Wildman–Crippen LogP) is 1.41. The van der Waals surface area contributed by atoms with Gasteiger partial charge in [0.05, 0.1) is 12.7 Å². The topological polar surface area (TPSA) is 36.3 Å². The summed E-state index contributed by atoms with van der Waals surface area (Å²) in [5.74, 6) is 1.37. The Kier molecular flexibility index (Phi) is 2.46. The van der Waals surface area contributed by atoms with Crippen LogP contribution < -0.4 is 4.74 Å². The molecule has 0 aromatic carbocycles. The standard InChI is InChI=1S/C10H16N2O2/c1-7(2)9-4-11-12-5-8(13-3)6-14-10(9)12/h4,7-8H,5-6H2,1-3H3. The fraction of sp³-hybridized carbons (Fsp3) is 0.700. The Bertz CT molecular complexity index is 320. The molecule has 1 aromatic rings. The van der Waals surface area contributed by atoms with Crippen LogP contribution in [0.15, 0.2) is 6.20 Å². The summed E-state index contributed by atoms with van der Waals surface area (Å²) in [5, 5.41) is 4.29. The van der Waals surface area contributed by atoms with E-state index in [0.29, 0.717) is 12.5 Å². The Morgan fingerprint density at radius 1 is 1.64 bits per heavy atom. The molecule has 1 aliphatic rings. The summed E-state index contributed by atoms with van der Waals surface area (Å²) in [6.45, 7) is 5.70. The molecule has 14 heavy (non-hydrogen) atoms. The summed E-state index contributed by atoms with van der Waals surface area (Å²) < 4.78 is 12.7. The van der Waals surface area contributed by atoms with Gasteiger partial charge in [0.25, 0.3) is 0 Å². The van der Waals surface area contributed by atoms with Crippen LogP contribution in [0.4, 0.5) is 0 Å². The Balaban J connectivity index is 2.25. The van der Waals surface area contributed by atoms with Gasteiger partial charge >= 0.3 is 0 Å². The highest BCUT2D eigenvalue weighted by Crippen LogP contribution is 2.28. The van der Waals surface area contributed by atoms with Gasteiger partial charge in [-0.25, -0.2) is 4.68 Å². The maximum atomic E-state index is 5.63. The molecule has 0 N–H and O–H groups in total. The minimum absolute atomic E-state index is 0.127. The highest BCUT2D eigenvalue weighted by atomic mass is 16.5. The highest BCUT2D eigenvalue weighted by Gasteiger charge is 2.23. The lowest BCUT2D eigenvalue weighted by molar-refractivity contribution is 0.0174. The number of hydrogen-bond acceptors (Lipinski definition) is 3. The molecule has 0 radical (unpaired) electrons. The van der Waals surface area contributed by atoms with Crippen molar-refractivity contribution in [1.82, 2.24) is 9.78 Å². The summed E-state index contributed by atoms with van der Waals surface area (Å²) in [4.78, 5) is 0. The third kappa shape index (κ3) is 1.50. The second-order valence-corrected chi connectivity index (χ2v) is 3.91. The molecule has 4 heteroatoms. The van der Waals surface area contributed by atoms with Crippen LogP contribution in [-0.4, -0.2) is 29.6 Å². The largest absolute Gasteiger partial charge is 0.475 e. The van der Waals surface area contributed by atoms with Gasteiger partial charge in [-0.05, 0) is 5.92 Å². The van der Waals surface area contributed by atoms with E-state index in [4.69, 9.17) is 9.47 Å². The zero-order valence-electron chi connectivity index (χ0n) is 8.86. The summed E-state index contributed by atoms with van der Waals surface area (Å²) >= 11 is 0. The first-order valence-electron chi connectivity index (χ1n) is 4.93. The van der Waals surface area contributed by atoms with Gasteiger partial charge in [-0.1, -0.05) is 13.8 Å². The molecular formula is C10H16N2O2. The number of hydrogen-bond donors (Lipinski definition) is 0. The zero-order valence-corrected chi connectivity index (χ0v) is 8.86. The second kappa shape index (κ2) is 3.61. The lowest BCUT2D eigenvalue weighted by atomic mass is 10.1. The molecule has 0 aliphatic carbocycles. The normalized spacial score (nSPS) is 20.7. The van der Waals surface area contributed by atoms with Crippen molar-refractivity contribution >= 4 is 0 Å². The average Bonchev–Trinajstić information content (AvgIpc) is 2.59. The Morgan fingerprint density at radius 2 is 2.43 bits per heavy atom. The van der Waals surface area contributed by atoms with Gasteiger partial charge in [0.1, 0.15) is 12.7 Å². The van der Waals surface area contributed by atoms with Crippen molar-refractivity contribution in [2.75, 3.05) is 13.7 Å². The summed E-state index contributed by atoms with van der Waals surface area (Å²) in [7, 11) is 1.70. The smallest absolute Gasteiger partial charge is 0.215 e. The van der Waals surface area contributed by atoms with Gasteiger partial charge in [0, 0.05) is 12.7 Å². The van der Waals surface area contributed by atoms with E-state index in [9.17, 15) is 0 Å². The summed E-state index contributed by atoms with van der Waals surface area (Å²) in [5.41, 5.74) is 1.18. The third-order valence-electron chi connectivity index (χ3n) is 2.56. The second-order valence-electron chi connectivity index (χ2n) is 3.91. The number of methoxy groups -OCH3 is 1. The van der Waals surface area contributed by atoms with Crippen LogP contribution in [0.2, 0.25) is 0 Å². The third-order valence-corrected chi connectivity index (χ3v) is 2.56. The highest BCUT2D eigenvalue weighted by molar-refractivity contribution is 5.28. The van der Waals surface area contributed by atoms with Crippen LogP contribution in [0, 0.1) is 0 Å². The van der Waals surface area contributed by atoms with E-state index in [0.717, 1.165) is 12.4 Å². The van der Waals surface area contributed by atoms with E-state index in [1.807, 2.05) is 10.9 Å². The molecule has 4 nitrogen and oxygen atoms in total. The molecule has 1 aliphatic heterocycles. The van der Waals surface area contributed by atoms with Crippen molar-refractivity contribution in [3.05, 3.63) is 11.8 Å². The Labute approximate surface area is 83.8 Å². The monoisotopic (exact) mass is 196 g/mol. The molecule has 1 unspecified atom stereocenters. The fourth-order valence-electron chi connectivity index (χ4n) is 1.63. The first-order valence-corrected chi connectivity index (χ1v) is 4.93. The van der Waals surface area contributed by atoms with Crippen LogP contribution >= 0.6 is 0 Å². The number of rotatable bonds is 2. The van der Waals surface area contributed by atoms with Crippen molar-refractivity contribution in [2.24, 2.45) is 0 Å². The first-order chi connectivity index (χ1) is 6.72. The molecule has 1 atom stereocenters. The predicted molar refractivity (Wildman–Crippen MR) is 52.6 cm³/mol. The summed E-state index contributed by atoms with van der Waals surface area (Å²) in [6.07, 6.45) is 2.01. The molecule has 2 rings (SSSR count). The van der Waals surface area contributed by atoms with Gasteiger partial charge in [-0.2, -0.15) is 5.10 Å². The molecule has 0 spiro atoms. The maximum absolute atomic E-state index is 5.63. The SMILES string of the molecule is COC1COc2c(C(C)C)cnn2C1. The van der Waals surface area contributed by atoms with Crippen LogP contribution in [-0.2, 0) is 11.3 Å². The Morgan fingerprint density at radius 3 is 3.07 bits per heavy atom. The first kappa shape index (κ1) is 9.52. The number of fused-ring (bicyclic) bond motifs is 1. The number of ether oxygens (including phenoxy) is 2. The van der Waals surface area contributed by atoms with E-state index < -0.39 is 0 Å². The fourth-order valence-corrected chi connectivity index (χ4v) is 1.63. The van der Waals surface area contributed by atoms with Gasteiger partial charge in [0.15, 0.2) is 0 Å². The summed E-state index contributed by atoms with van der Waals surface area (Å²) in [6, 6.07) is 0. The minimum Gasteiger partial charge on any atom is -0.475 e. The lowest BCUT2D eigenvalue weighted by Gasteiger charge is -2.24. The minimum atomic E-state index is 0.127. The molecule has 78 valence electrons. The van der Waals surface area contributed by atoms with Crippen LogP contribution in [0.1, 0.15) is 25.3 Å². The molecule has 0 bridgehead atoms. The van der Waals surface area contributed by atoms with Gasteiger partial charge in [-0.15, -0.1) is 0 Å². The zero-order chi connectivity index (χ0) is 10.1. The molecule has 0 amide bonds. The van der Waals surface area contributed by atoms with Gasteiger partial charge in [0.2, 0.25) is 5.88 Å². The van der Waals surface area contributed by atoms with E-state index in [1.165, 1.54) is 5.56 Å². The molecule has 2 heterocycles. The van der Waals surface area contributed by atoms with Crippen molar-refractivity contribution in [3.63, 3.8) is 0 Å². The molecule has 0 fully saturated rings. The molecular weight excluding hydrogens is 180 g/mol.